The summed E-state index contributed by atoms with van der Waals surface area (Å²) in [6.07, 6.45) is 4.47. The molecule has 0 saturated heterocycles. The van der Waals surface area contributed by atoms with E-state index in [0.717, 1.165) is 0 Å². The summed E-state index contributed by atoms with van der Waals surface area (Å²) in [5, 5.41) is 0.377. The molecule has 1 aliphatic carbocycles. The molecule has 1 aliphatic heterocycles. The van der Waals surface area contributed by atoms with Gasteiger partial charge in [-0.05, 0) is 31.2 Å². The number of fused-ring (bicyclic) bond motifs is 1. The van der Waals surface area contributed by atoms with Gasteiger partial charge in [-0.2, -0.15) is 0 Å². The number of hydrogen-bond acceptors (Lipinski definition) is 1. The van der Waals surface area contributed by atoms with Crippen LogP contribution in [0, 0.1) is 5.92 Å². The highest BCUT2D eigenvalue weighted by atomic mass is 16.5. The van der Waals surface area contributed by atoms with E-state index in [4.69, 9.17) is 4.74 Å². The lowest BCUT2D eigenvalue weighted by molar-refractivity contribution is 0.0486. The second-order valence-electron chi connectivity index (χ2n) is 5.26. The molecule has 0 spiro atoms. The summed E-state index contributed by atoms with van der Waals surface area (Å²) in [6, 6.07) is 0. The Morgan fingerprint density at radius 1 is 1.46 bits per heavy atom. The van der Waals surface area contributed by atoms with Crippen molar-refractivity contribution < 1.29 is 4.74 Å². The molecular weight excluding hydrogens is 159 g/mol. The molecule has 2 aliphatic rings. The van der Waals surface area contributed by atoms with Gasteiger partial charge in [0.2, 0.25) is 0 Å². The fourth-order valence-electron chi connectivity index (χ4n) is 2.85. The molecule has 1 fully saturated rings. The van der Waals surface area contributed by atoms with Crippen LogP contribution in [0.15, 0.2) is 11.3 Å². The van der Waals surface area contributed by atoms with Gasteiger partial charge < -0.3 is 4.74 Å². The summed E-state index contributed by atoms with van der Waals surface area (Å²) in [5.41, 5.74) is 1.50. The monoisotopic (exact) mass is 178 g/mol. The van der Waals surface area contributed by atoms with E-state index < -0.39 is 0 Å². The molecule has 1 nitrogen and oxygen atoms in total. The van der Waals surface area contributed by atoms with Crippen LogP contribution in [0.3, 0.4) is 0 Å². The van der Waals surface area contributed by atoms with E-state index >= 15 is 0 Å². The zero-order valence-corrected chi connectivity index (χ0v) is 9.18. The van der Waals surface area contributed by atoms with E-state index in [2.05, 4.69) is 28.6 Å². The van der Waals surface area contributed by atoms with Crippen molar-refractivity contribution in [3.05, 3.63) is 11.3 Å². The summed E-state index contributed by atoms with van der Waals surface area (Å²) in [5.74, 6) is 1.90. The van der Waals surface area contributed by atoms with E-state index in [1.807, 2.05) is 0 Å². The number of hydrogen-bond donors (Lipinski definition) is 0. The van der Waals surface area contributed by atoms with Gasteiger partial charge in [-0.15, -0.1) is 0 Å². The maximum atomic E-state index is 5.97. The van der Waals surface area contributed by atoms with Gasteiger partial charge in [-0.3, -0.25) is 0 Å². The maximum Gasteiger partial charge on any atom is 0.113 e. The van der Waals surface area contributed by atoms with E-state index in [9.17, 15) is 0 Å². The van der Waals surface area contributed by atoms with Gasteiger partial charge in [-0.1, -0.05) is 19.8 Å². The first kappa shape index (κ1) is 9.17. The summed E-state index contributed by atoms with van der Waals surface area (Å²) in [7, 11) is 2.34. The first-order chi connectivity index (χ1) is 6.02. The fraction of sp³-hybridized carbons (Fsp3) is 0.818. The molecule has 1 saturated carbocycles. The quantitative estimate of drug-likeness (QED) is 0.517. The molecule has 3 unspecified atom stereocenters. The topological polar surface area (TPSA) is 9.23 Å². The molecule has 0 N–H and O–H groups in total. The zero-order valence-electron chi connectivity index (χ0n) is 9.18. The molecule has 3 atom stereocenters. The maximum absolute atomic E-state index is 5.97. The fourth-order valence-corrected chi connectivity index (χ4v) is 2.85. The van der Waals surface area contributed by atoms with E-state index in [0.29, 0.717) is 17.3 Å². The van der Waals surface area contributed by atoms with E-state index in [1.165, 1.54) is 30.6 Å². The molecular formula is C11H19BO. The molecule has 0 bridgehead atoms. The van der Waals surface area contributed by atoms with E-state index in [-0.39, 0.29) is 0 Å². The number of rotatable bonds is 0. The number of allylic oxidation sites excluding steroid dienone is 1. The Hall–Kier alpha value is -0.395. The van der Waals surface area contributed by atoms with Crippen LogP contribution in [0.25, 0.3) is 0 Å². The van der Waals surface area contributed by atoms with Crippen molar-refractivity contribution in [3.63, 3.8) is 0 Å². The Bertz CT molecular complexity index is 255. The molecule has 2 heteroatoms. The first-order valence-corrected chi connectivity index (χ1v) is 5.36. The average Bonchev–Trinajstić information content (AvgIpc) is 2.32. The van der Waals surface area contributed by atoms with Crippen molar-refractivity contribution in [1.29, 1.82) is 0 Å². The van der Waals surface area contributed by atoms with Crippen molar-refractivity contribution in [2.45, 2.75) is 51.5 Å². The van der Waals surface area contributed by atoms with Gasteiger partial charge in [0.15, 0.2) is 0 Å². The molecule has 0 aromatic rings. The SMILES string of the molecule is BC1(C)CCCC2C(C)=C(C)OC21. The second-order valence-corrected chi connectivity index (χ2v) is 5.26. The van der Waals surface area contributed by atoms with Crippen LogP contribution in [0.5, 0.6) is 0 Å². The van der Waals surface area contributed by atoms with Crippen LogP contribution in [-0.4, -0.2) is 14.0 Å². The third kappa shape index (κ3) is 1.31. The van der Waals surface area contributed by atoms with Gasteiger partial charge in [0.05, 0.1) is 5.76 Å². The highest BCUT2D eigenvalue weighted by Gasteiger charge is 2.44. The third-order valence-electron chi connectivity index (χ3n) is 3.89. The van der Waals surface area contributed by atoms with Gasteiger partial charge >= 0.3 is 0 Å². The number of ether oxygens (including phenoxy) is 1. The average molecular weight is 178 g/mol. The molecule has 0 amide bonds. The standard InChI is InChI=1S/C11H19BO/c1-7-8(2)13-10-9(7)5-4-6-11(10,3)12/h9-10H,4-6,12H2,1-3H3. The molecule has 0 radical (unpaired) electrons. The van der Waals surface area contributed by atoms with Crippen LogP contribution < -0.4 is 0 Å². The zero-order chi connectivity index (χ0) is 9.64. The minimum absolute atomic E-state index is 0.377. The highest BCUT2D eigenvalue weighted by Crippen LogP contribution is 2.51. The summed E-state index contributed by atoms with van der Waals surface area (Å²) in [4.78, 5) is 0. The second kappa shape index (κ2) is 2.80. The van der Waals surface area contributed by atoms with Gasteiger partial charge in [0, 0.05) is 5.92 Å². The van der Waals surface area contributed by atoms with Crippen molar-refractivity contribution in [2.24, 2.45) is 5.92 Å². The Balaban J connectivity index is 2.25. The van der Waals surface area contributed by atoms with Gasteiger partial charge in [0.1, 0.15) is 14.0 Å². The smallest absolute Gasteiger partial charge is 0.113 e. The Labute approximate surface area is 82.0 Å². The van der Waals surface area contributed by atoms with Crippen molar-refractivity contribution in [2.75, 3.05) is 0 Å². The van der Waals surface area contributed by atoms with Crippen LogP contribution in [0.4, 0.5) is 0 Å². The summed E-state index contributed by atoms with van der Waals surface area (Å²) < 4.78 is 5.97. The molecule has 0 aromatic carbocycles. The minimum Gasteiger partial charge on any atom is -0.495 e. The lowest BCUT2D eigenvalue weighted by atomic mass is 9.56. The first-order valence-electron chi connectivity index (χ1n) is 5.36. The van der Waals surface area contributed by atoms with Crippen molar-refractivity contribution in [1.82, 2.24) is 0 Å². The van der Waals surface area contributed by atoms with Crippen LogP contribution in [0.1, 0.15) is 40.0 Å². The van der Waals surface area contributed by atoms with Crippen molar-refractivity contribution >= 4 is 7.85 Å². The summed E-state index contributed by atoms with van der Waals surface area (Å²) >= 11 is 0. The normalized spacial score (nSPS) is 44.5. The summed E-state index contributed by atoms with van der Waals surface area (Å²) in [6.45, 7) is 6.70. The predicted molar refractivity (Wildman–Crippen MR) is 57.5 cm³/mol. The van der Waals surface area contributed by atoms with E-state index in [1.54, 1.807) is 0 Å². The molecule has 0 aromatic heterocycles. The van der Waals surface area contributed by atoms with Gasteiger partial charge in [0.25, 0.3) is 0 Å². The lowest BCUT2D eigenvalue weighted by Gasteiger charge is -2.40. The Morgan fingerprint density at radius 3 is 2.77 bits per heavy atom. The van der Waals surface area contributed by atoms with Crippen LogP contribution in [0.2, 0.25) is 5.31 Å². The third-order valence-corrected chi connectivity index (χ3v) is 3.89. The van der Waals surface area contributed by atoms with Crippen LogP contribution >= 0.6 is 0 Å². The molecule has 1 heterocycles. The largest absolute Gasteiger partial charge is 0.495 e. The van der Waals surface area contributed by atoms with Crippen LogP contribution in [-0.2, 0) is 4.74 Å². The minimum atomic E-state index is 0.377. The Morgan fingerprint density at radius 2 is 2.15 bits per heavy atom. The van der Waals surface area contributed by atoms with Crippen molar-refractivity contribution in [3.8, 4) is 0 Å². The lowest BCUT2D eigenvalue weighted by Crippen LogP contribution is -2.36. The Kier molecular flexibility index (Phi) is 1.97. The highest BCUT2D eigenvalue weighted by molar-refractivity contribution is 6.15. The molecule has 13 heavy (non-hydrogen) atoms. The van der Waals surface area contributed by atoms with Gasteiger partial charge in [-0.25, -0.2) is 0 Å². The molecule has 2 rings (SSSR count). The molecule has 72 valence electrons. The predicted octanol–water partition coefficient (Wildman–Crippen LogP) is 2.29.